The number of rotatable bonds is 3. The molecule has 2 aromatic heterocycles. The van der Waals surface area contributed by atoms with Crippen LogP contribution >= 0.6 is 0 Å². The lowest BCUT2D eigenvalue weighted by molar-refractivity contribution is 1.17. The molecular formula is C38H22N4. The Morgan fingerprint density at radius 2 is 1.19 bits per heavy atom. The molecule has 0 aliphatic carbocycles. The predicted octanol–water partition coefficient (Wildman–Crippen LogP) is 9.97. The monoisotopic (exact) mass is 534 g/mol. The smallest absolute Gasteiger partial charge is 0.187 e. The van der Waals surface area contributed by atoms with Crippen molar-refractivity contribution in [3.63, 3.8) is 0 Å². The molecule has 6 aromatic carbocycles. The number of benzene rings is 6. The summed E-state index contributed by atoms with van der Waals surface area (Å²) in [6.07, 6.45) is 0. The second-order valence-corrected chi connectivity index (χ2v) is 10.4. The Balaban J connectivity index is 1.42. The van der Waals surface area contributed by atoms with Gasteiger partial charge in [0.1, 0.15) is 0 Å². The van der Waals surface area contributed by atoms with Gasteiger partial charge in [0.05, 0.1) is 46.0 Å². The van der Waals surface area contributed by atoms with E-state index in [1.54, 1.807) is 0 Å². The Bertz CT molecular complexity index is 2440. The van der Waals surface area contributed by atoms with Gasteiger partial charge in [-0.1, -0.05) is 72.8 Å². The van der Waals surface area contributed by atoms with Crippen LogP contribution in [0.3, 0.4) is 0 Å². The SMILES string of the molecule is [C-]#[N+]c1cccc(-c2ccccc2-n2c3ccccc3c3cc(-n4c5ccccc5c5cc(C#N)ccc54)ccc32)c1. The largest absolute Gasteiger partial charge is 0.309 e. The summed E-state index contributed by atoms with van der Waals surface area (Å²) in [5.74, 6) is 0. The van der Waals surface area contributed by atoms with Gasteiger partial charge in [-0.2, -0.15) is 5.26 Å². The Kier molecular flexibility index (Phi) is 5.22. The molecule has 0 N–H and O–H groups in total. The molecule has 0 atom stereocenters. The van der Waals surface area contributed by atoms with Crippen molar-refractivity contribution in [2.45, 2.75) is 0 Å². The molecule has 0 aliphatic rings. The molecule has 8 aromatic rings. The van der Waals surface area contributed by atoms with Gasteiger partial charge in [0.2, 0.25) is 0 Å². The van der Waals surface area contributed by atoms with E-state index in [0.717, 1.165) is 60.7 Å². The highest BCUT2D eigenvalue weighted by Crippen LogP contribution is 2.39. The minimum atomic E-state index is 0.627. The van der Waals surface area contributed by atoms with Crippen molar-refractivity contribution in [3.8, 4) is 28.6 Å². The van der Waals surface area contributed by atoms with E-state index in [2.05, 4.69) is 117 Å². The third-order valence-electron chi connectivity index (χ3n) is 8.15. The molecule has 2 heterocycles. The van der Waals surface area contributed by atoms with E-state index in [-0.39, 0.29) is 0 Å². The summed E-state index contributed by atoms with van der Waals surface area (Å²) in [5.41, 5.74) is 9.93. The van der Waals surface area contributed by atoms with Crippen molar-refractivity contribution in [2.75, 3.05) is 0 Å². The van der Waals surface area contributed by atoms with Gasteiger partial charge >= 0.3 is 0 Å². The average molecular weight is 535 g/mol. The van der Waals surface area contributed by atoms with E-state index in [1.165, 1.54) is 5.39 Å². The maximum atomic E-state index is 9.55. The van der Waals surface area contributed by atoms with Crippen LogP contribution < -0.4 is 0 Å². The predicted molar refractivity (Wildman–Crippen MR) is 172 cm³/mol. The van der Waals surface area contributed by atoms with Crippen LogP contribution in [0.25, 0.3) is 71.0 Å². The molecule has 4 nitrogen and oxygen atoms in total. The Hall–Kier alpha value is -6.10. The molecular weight excluding hydrogens is 512 g/mol. The van der Waals surface area contributed by atoms with Crippen LogP contribution in [0.5, 0.6) is 0 Å². The van der Waals surface area contributed by atoms with Crippen LogP contribution in [-0.4, -0.2) is 9.13 Å². The second-order valence-electron chi connectivity index (χ2n) is 10.4. The molecule has 0 saturated heterocycles. The van der Waals surface area contributed by atoms with E-state index in [1.807, 2.05) is 36.4 Å². The highest BCUT2D eigenvalue weighted by atomic mass is 15.0. The molecule has 0 bridgehead atoms. The van der Waals surface area contributed by atoms with Crippen molar-refractivity contribution in [1.29, 1.82) is 5.26 Å². The number of hydrogen-bond acceptors (Lipinski definition) is 1. The Morgan fingerprint density at radius 1 is 0.548 bits per heavy atom. The van der Waals surface area contributed by atoms with Crippen molar-refractivity contribution in [1.82, 2.24) is 9.13 Å². The van der Waals surface area contributed by atoms with Crippen LogP contribution in [0.1, 0.15) is 5.56 Å². The fourth-order valence-corrected chi connectivity index (χ4v) is 6.34. The number of aromatic nitrogens is 2. The van der Waals surface area contributed by atoms with Gasteiger partial charge in [0.15, 0.2) is 5.69 Å². The normalized spacial score (nSPS) is 11.3. The second kappa shape index (κ2) is 9.24. The lowest BCUT2D eigenvalue weighted by Gasteiger charge is -2.14. The Morgan fingerprint density at radius 3 is 1.98 bits per heavy atom. The molecule has 0 spiro atoms. The number of nitriles is 1. The lowest BCUT2D eigenvalue weighted by atomic mass is 10.0. The number of para-hydroxylation sites is 3. The van der Waals surface area contributed by atoms with E-state index in [9.17, 15) is 5.26 Å². The van der Waals surface area contributed by atoms with Gasteiger partial charge in [-0.05, 0) is 66.2 Å². The fraction of sp³-hybridized carbons (Fsp3) is 0. The van der Waals surface area contributed by atoms with Crippen LogP contribution in [0, 0.1) is 17.9 Å². The minimum absolute atomic E-state index is 0.627. The van der Waals surface area contributed by atoms with E-state index >= 15 is 0 Å². The topological polar surface area (TPSA) is 38.0 Å². The van der Waals surface area contributed by atoms with Crippen LogP contribution in [0.4, 0.5) is 5.69 Å². The zero-order valence-electron chi connectivity index (χ0n) is 22.5. The Labute approximate surface area is 242 Å². The first-order valence-corrected chi connectivity index (χ1v) is 13.8. The van der Waals surface area contributed by atoms with E-state index in [0.29, 0.717) is 11.3 Å². The molecule has 42 heavy (non-hydrogen) atoms. The molecule has 0 unspecified atom stereocenters. The quantitative estimate of drug-likeness (QED) is 0.208. The van der Waals surface area contributed by atoms with Gasteiger partial charge < -0.3 is 9.13 Å². The summed E-state index contributed by atoms with van der Waals surface area (Å²) in [7, 11) is 0. The van der Waals surface area contributed by atoms with Crippen LogP contribution in [0.2, 0.25) is 0 Å². The highest BCUT2D eigenvalue weighted by molar-refractivity contribution is 6.12. The number of hydrogen-bond donors (Lipinski definition) is 0. The lowest BCUT2D eigenvalue weighted by Crippen LogP contribution is -1.98. The molecule has 8 rings (SSSR count). The summed E-state index contributed by atoms with van der Waals surface area (Å²) in [4.78, 5) is 3.66. The molecule has 0 aliphatic heterocycles. The molecule has 0 radical (unpaired) electrons. The third-order valence-corrected chi connectivity index (χ3v) is 8.15. The summed E-state index contributed by atoms with van der Waals surface area (Å²) in [6, 6.07) is 48.0. The standard InChI is InChI=1S/C38H22N4/c1-40-27-10-8-9-26(22-27)29-11-2-5-14-34(29)42-36-16-7-4-13-31(36)33-23-28(18-20-38(33)42)41-35-15-6-3-12-30(35)32-21-25(24-39)17-19-37(32)41/h2-23H. The van der Waals surface area contributed by atoms with Crippen molar-refractivity contribution < 1.29 is 0 Å². The first-order valence-electron chi connectivity index (χ1n) is 13.8. The van der Waals surface area contributed by atoms with E-state index < -0.39 is 0 Å². The molecule has 4 heteroatoms. The average Bonchev–Trinajstić information content (AvgIpc) is 3.56. The fourth-order valence-electron chi connectivity index (χ4n) is 6.34. The summed E-state index contributed by atoms with van der Waals surface area (Å²) >= 11 is 0. The maximum absolute atomic E-state index is 9.55. The molecule has 0 amide bonds. The van der Waals surface area contributed by atoms with Gasteiger partial charge in [-0.25, -0.2) is 4.85 Å². The minimum Gasteiger partial charge on any atom is -0.309 e. The molecule has 194 valence electrons. The van der Waals surface area contributed by atoms with Gasteiger partial charge in [-0.3, -0.25) is 0 Å². The van der Waals surface area contributed by atoms with E-state index in [4.69, 9.17) is 6.57 Å². The van der Waals surface area contributed by atoms with Crippen molar-refractivity contribution >= 4 is 49.3 Å². The first kappa shape index (κ1) is 23.8. The summed E-state index contributed by atoms with van der Waals surface area (Å²) in [6.45, 7) is 7.52. The van der Waals surface area contributed by atoms with Crippen LogP contribution in [0.15, 0.2) is 133 Å². The summed E-state index contributed by atoms with van der Waals surface area (Å²) in [5, 5.41) is 14.1. The maximum Gasteiger partial charge on any atom is 0.187 e. The molecule has 0 fully saturated rings. The molecule has 0 saturated carbocycles. The number of nitrogens with zero attached hydrogens (tertiary/aromatic N) is 4. The zero-order valence-corrected chi connectivity index (χ0v) is 22.5. The zero-order chi connectivity index (χ0) is 28.2. The van der Waals surface area contributed by atoms with Gasteiger partial charge in [-0.15, -0.1) is 0 Å². The van der Waals surface area contributed by atoms with Crippen molar-refractivity contribution in [3.05, 3.63) is 150 Å². The van der Waals surface area contributed by atoms with Crippen LogP contribution in [-0.2, 0) is 0 Å². The van der Waals surface area contributed by atoms with Crippen molar-refractivity contribution in [2.24, 2.45) is 0 Å². The van der Waals surface area contributed by atoms with Gasteiger partial charge in [0.25, 0.3) is 0 Å². The highest BCUT2D eigenvalue weighted by Gasteiger charge is 2.18. The first-order chi connectivity index (χ1) is 20.7. The third kappa shape index (κ3) is 3.47. The summed E-state index contributed by atoms with van der Waals surface area (Å²) < 4.78 is 4.63. The van der Waals surface area contributed by atoms with Gasteiger partial charge in [0, 0.05) is 32.8 Å². The number of fused-ring (bicyclic) bond motifs is 6.